The average Bonchev–Trinajstić information content (AvgIpc) is 2.95. The Kier molecular flexibility index (Phi) is 4.98. The molecule has 2 heterocycles. The third-order valence-corrected chi connectivity index (χ3v) is 4.57. The fourth-order valence-corrected chi connectivity index (χ4v) is 2.95. The number of aromatic nitrogens is 2. The van der Waals surface area contributed by atoms with E-state index in [0.717, 1.165) is 44.0 Å². The molecule has 1 aliphatic rings. The van der Waals surface area contributed by atoms with Crippen molar-refractivity contribution in [2.24, 2.45) is 0 Å². The van der Waals surface area contributed by atoms with Crippen molar-refractivity contribution in [3.63, 3.8) is 0 Å². The summed E-state index contributed by atoms with van der Waals surface area (Å²) in [6, 6.07) is 7.49. The molecule has 5 nitrogen and oxygen atoms in total. The lowest BCUT2D eigenvalue weighted by molar-refractivity contribution is -0.132. The maximum Gasteiger partial charge on any atom is 0.227 e. The van der Waals surface area contributed by atoms with Gasteiger partial charge in [-0.2, -0.15) is 5.10 Å². The number of carbonyl (C=O) groups is 1. The molecule has 0 saturated carbocycles. The number of aryl methyl sites for hydroxylation is 1. The molecule has 2 aromatic rings. The second-order valence-corrected chi connectivity index (χ2v) is 6.42. The van der Waals surface area contributed by atoms with E-state index in [1.807, 2.05) is 42.3 Å². The molecule has 23 heavy (non-hydrogen) atoms. The molecule has 0 aliphatic carbocycles. The van der Waals surface area contributed by atoms with E-state index in [1.54, 1.807) is 0 Å². The number of aromatic amines is 1. The van der Waals surface area contributed by atoms with Crippen LogP contribution in [0.5, 0.6) is 0 Å². The standard InChI is InChI=1S/C17H21ClN4O/c1-13-15(11-19-20-13)12-21-6-8-22(9-7-21)17(23)10-14-2-4-16(18)5-3-14/h2-5,11H,6-10,12H2,1H3,(H,19,20). The summed E-state index contributed by atoms with van der Waals surface area (Å²) < 4.78 is 0. The van der Waals surface area contributed by atoms with Crippen LogP contribution in [-0.2, 0) is 17.8 Å². The molecule has 1 aliphatic heterocycles. The lowest BCUT2D eigenvalue weighted by Gasteiger charge is -2.34. The zero-order valence-electron chi connectivity index (χ0n) is 13.3. The quantitative estimate of drug-likeness (QED) is 0.934. The summed E-state index contributed by atoms with van der Waals surface area (Å²) in [5.74, 6) is 0.187. The van der Waals surface area contributed by atoms with Crippen LogP contribution in [0, 0.1) is 6.92 Å². The number of halogens is 1. The van der Waals surface area contributed by atoms with E-state index < -0.39 is 0 Å². The molecule has 0 atom stereocenters. The normalized spacial score (nSPS) is 15.8. The molecule has 0 bridgehead atoms. The lowest BCUT2D eigenvalue weighted by atomic mass is 10.1. The molecule has 1 amide bonds. The monoisotopic (exact) mass is 332 g/mol. The molecule has 1 fully saturated rings. The molecule has 0 radical (unpaired) electrons. The molecule has 6 heteroatoms. The second-order valence-electron chi connectivity index (χ2n) is 5.98. The Morgan fingerprint density at radius 1 is 1.22 bits per heavy atom. The van der Waals surface area contributed by atoms with Crippen LogP contribution < -0.4 is 0 Å². The molecule has 1 N–H and O–H groups in total. The first-order valence-corrected chi connectivity index (χ1v) is 8.23. The summed E-state index contributed by atoms with van der Waals surface area (Å²) >= 11 is 5.87. The smallest absolute Gasteiger partial charge is 0.227 e. The third kappa shape index (κ3) is 4.12. The molecule has 0 spiro atoms. The number of nitrogens with one attached hydrogen (secondary N) is 1. The van der Waals surface area contributed by atoms with Crippen molar-refractivity contribution in [1.82, 2.24) is 20.0 Å². The van der Waals surface area contributed by atoms with Crippen LogP contribution in [0.1, 0.15) is 16.8 Å². The van der Waals surface area contributed by atoms with E-state index in [-0.39, 0.29) is 5.91 Å². The number of benzene rings is 1. The molecule has 3 rings (SSSR count). The van der Waals surface area contributed by atoms with E-state index in [2.05, 4.69) is 15.1 Å². The van der Waals surface area contributed by atoms with Gasteiger partial charge in [-0.3, -0.25) is 14.8 Å². The Balaban J connectivity index is 1.49. The highest BCUT2D eigenvalue weighted by atomic mass is 35.5. The van der Waals surface area contributed by atoms with E-state index in [0.29, 0.717) is 11.4 Å². The molecule has 122 valence electrons. The summed E-state index contributed by atoms with van der Waals surface area (Å²) in [7, 11) is 0. The summed E-state index contributed by atoms with van der Waals surface area (Å²) in [5.41, 5.74) is 3.35. The van der Waals surface area contributed by atoms with Crippen molar-refractivity contribution in [2.45, 2.75) is 19.9 Å². The number of amides is 1. The summed E-state index contributed by atoms with van der Waals surface area (Å²) in [5, 5.41) is 7.72. The van der Waals surface area contributed by atoms with Crippen LogP contribution >= 0.6 is 11.6 Å². The largest absolute Gasteiger partial charge is 0.340 e. The first-order valence-electron chi connectivity index (χ1n) is 7.85. The predicted octanol–water partition coefficient (Wildman–Crippen LogP) is 2.26. The van der Waals surface area contributed by atoms with Gasteiger partial charge in [0.05, 0.1) is 12.6 Å². The highest BCUT2D eigenvalue weighted by molar-refractivity contribution is 6.30. The fraction of sp³-hybridized carbons (Fsp3) is 0.412. The maximum atomic E-state index is 12.4. The predicted molar refractivity (Wildman–Crippen MR) is 90.3 cm³/mol. The van der Waals surface area contributed by atoms with E-state index >= 15 is 0 Å². The third-order valence-electron chi connectivity index (χ3n) is 4.32. The topological polar surface area (TPSA) is 52.2 Å². The molecular formula is C17H21ClN4O. The van der Waals surface area contributed by atoms with Gasteiger partial charge in [-0.1, -0.05) is 23.7 Å². The van der Waals surface area contributed by atoms with E-state index in [9.17, 15) is 4.79 Å². The summed E-state index contributed by atoms with van der Waals surface area (Å²) in [6.07, 6.45) is 2.32. The molecular weight excluding hydrogens is 312 g/mol. The van der Waals surface area contributed by atoms with Crippen LogP contribution in [0.4, 0.5) is 0 Å². The number of nitrogens with zero attached hydrogens (tertiary/aromatic N) is 3. The Morgan fingerprint density at radius 2 is 1.91 bits per heavy atom. The number of carbonyl (C=O) groups excluding carboxylic acids is 1. The van der Waals surface area contributed by atoms with Crippen LogP contribution in [0.15, 0.2) is 30.5 Å². The van der Waals surface area contributed by atoms with Crippen LogP contribution in [-0.4, -0.2) is 52.1 Å². The van der Waals surface area contributed by atoms with Gasteiger partial charge in [0, 0.05) is 49.0 Å². The van der Waals surface area contributed by atoms with Gasteiger partial charge >= 0.3 is 0 Å². The zero-order valence-corrected chi connectivity index (χ0v) is 14.0. The number of hydrogen-bond donors (Lipinski definition) is 1. The first-order chi connectivity index (χ1) is 11.1. The number of rotatable bonds is 4. The highest BCUT2D eigenvalue weighted by Gasteiger charge is 2.21. The van der Waals surface area contributed by atoms with Crippen molar-refractivity contribution in [3.05, 3.63) is 52.3 Å². The highest BCUT2D eigenvalue weighted by Crippen LogP contribution is 2.13. The van der Waals surface area contributed by atoms with Crippen molar-refractivity contribution in [1.29, 1.82) is 0 Å². The first kappa shape index (κ1) is 16.0. The van der Waals surface area contributed by atoms with Crippen molar-refractivity contribution >= 4 is 17.5 Å². The van der Waals surface area contributed by atoms with Gasteiger partial charge in [-0.15, -0.1) is 0 Å². The minimum Gasteiger partial charge on any atom is -0.340 e. The van der Waals surface area contributed by atoms with Crippen LogP contribution in [0.3, 0.4) is 0 Å². The second kappa shape index (κ2) is 7.15. The SMILES string of the molecule is Cc1[nH]ncc1CN1CCN(C(=O)Cc2ccc(Cl)cc2)CC1. The Bertz CT molecular complexity index is 659. The Hall–Kier alpha value is -1.85. The Labute approximate surface area is 141 Å². The minimum atomic E-state index is 0.187. The van der Waals surface area contributed by atoms with Gasteiger partial charge in [-0.25, -0.2) is 0 Å². The maximum absolute atomic E-state index is 12.4. The Morgan fingerprint density at radius 3 is 2.52 bits per heavy atom. The van der Waals surface area contributed by atoms with Crippen LogP contribution in [0.25, 0.3) is 0 Å². The van der Waals surface area contributed by atoms with Crippen molar-refractivity contribution in [2.75, 3.05) is 26.2 Å². The van der Waals surface area contributed by atoms with Crippen molar-refractivity contribution in [3.8, 4) is 0 Å². The number of piperazine rings is 1. The van der Waals surface area contributed by atoms with E-state index in [4.69, 9.17) is 11.6 Å². The number of hydrogen-bond acceptors (Lipinski definition) is 3. The van der Waals surface area contributed by atoms with E-state index in [1.165, 1.54) is 5.56 Å². The van der Waals surface area contributed by atoms with Gasteiger partial charge < -0.3 is 4.90 Å². The van der Waals surface area contributed by atoms with Gasteiger partial charge in [0.15, 0.2) is 0 Å². The van der Waals surface area contributed by atoms with Crippen molar-refractivity contribution < 1.29 is 4.79 Å². The van der Waals surface area contributed by atoms with Gasteiger partial charge in [-0.05, 0) is 24.6 Å². The average molecular weight is 333 g/mol. The zero-order chi connectivity index (χ0) is 16.2. The molecule has 0 unspecified atom stereocenters. The van der Waals surface area contributed by atoms with Gasteiger partial charge in [0.2, 0.25) is 5.91 Å². The fourth-order valence-electron chi connectivity index (χ4n) is 2.82. The number of H-pyrrole nitrogens is 1. The lowest BCUT2D eigenvalue weighted by Crippen LogP contribution is -2.48. The van der Waals surface area contributed by atoms with Gasteiger partial charge in [0.1, 0.15) is 0 Å². The molecule has 1 aromatic heterocycles. The molecule has 1 saturated heterocycles. The van der Waals surface area contributed by atoms with Gasteiger partial charge in [0.25, 0.3) is 0 Å². The van der Waals surface area contributed by atoms with Crippen LogP contribution in [0.2, 0.25) is 5.02 Å². The molecule has 1 aromatic carbocycles. The summed E-state index contributed by atoms with van der Waals surface area (Å²) in [6.45, 7) is 6.29. The minimum absolute atomic E-state index is 0.187. The summed E-state index contributed by atoms with van der Waals surface area (Å²) in [4.78, 5) is 16.7.